The summed E-state index contributed by atoms with van der Waals surface area (Å²) in [5.41, 5.74) is -0.257. The number of aliphatic hydroxyl groups is 1. The average Bonchev–Trinajstić information content (AvgIpc) is 2.45. The fourth-order valence-corrected chi connectivity index (χ4v) is 1.06. The fourth-order valence-electron chi connectivity index (χ4n) is 1.06. The van der Waals surface area contributed by atoms with Crippen molar-refractivity contribution in [2.75, 3.05) is 0 Å². The van der Waals surface area contributed by atoms with Crippen molar-refractivity contribution in [3.05, 3.63) is 45.7 Å². The summed E-state index contributed by atoms with van der Waals surface area (Å²) >= 11 is 0. The predicted octanol–water partition coefficient (Wildman–Crippen LogP) is 0.338. The van der Waals surface area contributed by atoms with E-state index in [-0.39, 0.29) is 5.70 Å². The lowest BCUT2D eigenvalue weighted by atomic mass is 10.2. The molecule has 0 saturated carbocycles. The molecule has 1 amide bonds. The average molecular weight is 188 g/mol. The van der Waals surface area contributed by atoms with Crippen LogP contribution in [0.15, 0.2) is 11.5 Å². The SMILES string of the molecule is [C-]#[N+]C1=C(O)C(=O)NC1C([N+]#[C-])[N+]#[C-]. The maximum atomic E-state index is 10.9. The molecule has 1 atom stereocenters. The number of carbonyl (C=O) groups excluding carboxylic acids is 1. The van der Waals surface area contributed by atoms with E-state index in [0.29, 0.717) is 0 Å². The van der Waals surface area contributed by atoms with Gasteiger partial charge in [-0.2, -0.15) is 0 Å². The van der Waals surface area contributed by atoms with Crippen molar-refractivity contribution < 1.29 is 9.90 Å². The minimum atomic E-state index is -1.19. The largest absolute Gasteiger partial charge is 0.514 e. The summed E-state index contributed by atoms with van der Waals surface area (Å²) in [5, 5.41) is 11.3. The van der Waals surface area contributed by atoms with E-state index in [0.717, 1.165) is 0 Å². The van der Waals surface area contributed by atoms with Gasteiger partial charge in [0.2, 0.25) is 11.7 Å². The third-order valence-corrected chi connectivity index (χ3v) is 1.72. The van der Waals surface area contributed by atoms with Crippen molar-refractivity contribution >= 4 is 5.91 Å². The number of hydrogen-bond acceptors (Lipinski definition) is 2. The number of aliphatic hydroxyl groups excluding tert-OH is 1. The van der Waals surface area contributed by atoms with Gasteiger partial charge in [0.25, 0.3) is 5.91 Å². The van der Waals surface area contributed by atoms with Crippen LogP contribution in [0.5, 0.6) is 0 Å². The number of amides is 1. The second kappa shape index (κ2) is 3.47. The Kier molecular flexibility index (Phi) is 2.37. The lowest BCUT2D eigenvalue weighted by Crippen LogP contribution is -2.35. The zero-order valence-corrected chi connectivity index (χ0v) is 6.85. The number of carbonyl (C=O) groups is 1. The predicted molar refractivity (Wildman–Crippen MR) is 45.2 cm³/mol. The summed E-state index contributed by atoms with van der Waals surface area (Å²) in [6, 6.07) is -1.00. The van der Waals surface area contributed by atoms with Gasteiger partial charge in [0.1, 0.15) is 0 Å². The van der Waals surface area contributed by atoms with E-state index in [1.165, 1.54) is 0 Å². The first kappa shape index (κ1) is 9.57. The molecule has 68 valence electrons. The van der Waals surface area contributed by atoms with E-state index in [4.69, 9.17) is 24.8 Å². The first-order valence-corrected chi connectivity index (χ1v) is 3.50. The molecule has 0 aliphatic carbocycles. The Balaban J connectivity index is 3.10. The Morgan fingerprint density at radius 2 is 1.93 bits per heavy atom. The van der Waals surface area contributed by atoms with Crippen LogP contribution >= 0.6 is 0 Å². The van der Waals surface area contributed by atoms with Gasteiger partial charge < -0.3 is 10.4 Å². The van der Waals surface area contributed by atoms with Crippen LogP contribution in [0.1, 0.15) is 0 Å². The molecule has 1 rings (SSSR count). The van der Waals surface area contributed by atoms with Crippen LogP contribution in [-0.2, 0) is 4.79 Å². The number of nitrogens with zero attached hydrogens (tertiary/aromatic N) is 3. The van der Waals surface area contributed by atoms with Crippen molar-refractivity contribution in [2.24, 2.45) is 0 Å². The van der Waals surface area contributed by atoms with Crippen LogP contribution in [0.3, 0.4) is 0 Å². The molecule has 0 saturated heterocycles. The maximum Gasteiger partial charge on any atom is 0.490 e. The van der Waals surface area contributed by atoms with Crippen LogP contribution in [0.4, 0.5) is 0 Å². The first-order chi connectivity index (χ1) is 6.65. The van der Waals surface area contributed by atoms with Crippen molar-refractivity contribution in [1.82, 2.24) is 5.32 Å². The van der Waals surface area contributed by atoms with Crippen LogP contribution in [0.2, 0.25) is 0 Å². The van der Waals surface area contributed by atoms with Crippen molar-refractivity contribution in [3.8, 4) is 0 Å². The van der Waals surface area contributed by atoms with Gasteiger partial charge in [0, 0.05) is 0 Å². The summed E-state index contributed by atoms with van der Waals surface area (Å²) in [7, 11) is 0. The Hall–Kier alpha value is -2.52. The topological polar surface area (TPSA) is 62.4 Å². The van der Waals surface area contributed by atoms with E-state index < -0.39 is 23.9 Å². The van der Waals surface area contributed by atoms with Gasteiger partial charge in [-0.1, -0.05) is 0 Å². The number of hydrogen-bond donors (Lipinski definition) is 2. The fraction of sp³-hybridized carbons (Fsp3) is 0.250. The quantitative estimate of drug-likeness (QED) is 0.583. The van der Waals surface area contributed by atoms with Gasteiger partial charge in [-0.05, 0) is 0 Å². The molecule has 0 aromatic heterocycles. The molecule has 0 spiro atoms. The van der Waals surface area contributed by atoms with Gasteiger partial charge in [-0.15, -0.1) is 0 Å². The minimum absolute atomic E-state index is 0.257. The molecule has 1 aliphatic heterocycles. The second-order valence-electron chi connectivity index (χ2n) is 2.47. The molecule has 0 radical (unpaired) electrons. The maximum absolute atomic E-state index is 10.9. The lowest BCUT2D eigenvalue weighted by Gasteiger charge is -2.02. The van der Waals surface area contributed by atoms with Gasteiger partial charge >= 0.3 is 6.17 Å². The molecule has 1 unspecified atom stereocenters. The monoisotopic (exact) mass is 188 g/mol. The van der Waals surface area contributed by atoms with Crippen LogP contribution in [0.25, 0.3) is 14.5 Å². The highest BCUT2D eigenvalue weighted by molar-refractivity contribution is 5.96. The molecule has 0 aromatic rings. The van der Waals surface area contributed by atoms with Crippen LogP contribution in [0, 0.1) is 19.7 Å². The standard InChI is InChI=1S/C8H4N4O2/c1-9-4-5(7(10-2)11-3)12-8(14)6(4)13/h5,7,13H,(H,12,14). The van der Waals surface area contributed by atoms with Crippen molar-refractivity contribution in [1.29, 1.82) is 0 Å². The van der Waals surface area contributed by atoms with E-state index in [9.17, 15) is 4.79 Å². The van der Waals surface area contributed by atoms with Gasteiger partial charge in [0.15, 0.2) is 5.76 Å². The Morgan fingerprint density at radius 3 is 2.36 bits per heavy atom. The zero-order valence-electron chi connectivity index (χ0n) is 6.85. The molecule has 0 aromatic carbocycles. The summed E-state index contributed by atoms with van der Waals surface area (Å²) in [6.07, 6.45) is -1.19. The first-order valence-electron chi connectivity index (χ1n) is 3.50. The summed E-state index contributed by atoms with van der Waals surface area (Å²) < 4.78 is 0. The Labute approximate surface area is 79.9 Å². The normalized spacial score (nSPS) is 19.9. The third kappa shape index (κ3) is 1.24. The smallest absolute Gasteiger partial charge is 0.490 e. The molecule has 2 N–H and O–H groups in total. The summed E-state index contributed by atoms with van der Waals surface area (Å²) in [4.78, 5) is 19.7. The van der Waals surface area contributed by atoms with E-state index >= 15 is 0 Å². The van der Waals surface area contributed by atoms with Crippen LogP contribution < -0.4 is 5.32 Å². The highest BCUT2D eigenvalue weighted by Gasteiger charge is 2.45. The Bertz CT molecular complexity index is 418. The van der Waals surface area contributed by atoms with Gasteiger partial charge in [-0.25, -0.2) is 27.7 Å². The molecule has 1 aliphatic rings. The molecule has 6 heteroatoms. The Morgan fingerprint density at radius 1 is 1.36 bits per heavy atom. The van der Waals surface area contributed by atoms with Crippen molar-refractivity contribution in [3.63, 3.8) is 0 Å². The highest BCUT2D eigenvalue weighted by atomic mass is 16.3. The van der Waals surface area contributed by atoms with E-state index in [2.05, 4.69) is 19.9 Å². The molecular formula is C8H4N4O2. The third-order valence-electron chi connectivity index (χ3n) is 1.72. The van der Waals surface area contributed by atoms with E-state index in [1.807, 2.05) is 0 Å². The molecule has 14 heavy (non-hydrogen) atoms. The summed E-state index contributed by atoms with van der Waals surface area (Å²) in [6.45, 7) is 20.1. The minimum Gasteiger partial charge on any atom is -0.514 e. The van der Waals surface area contributed by atoms with E-state index in [1.54, 1.807) is 0 Å². The summed E-state index contributed by atoms with van der Waals surface area (Å²) in [5.74, 6) is -1.50. The lowest BCUT2D eigenvalue weighted by molar-refractivity contribution is -0.119. The zero-order chi connectivity index (χ0) is 10.7. The van der Waals surface area contributed by atoms with Crippen molar-refractivity contribution in [2.45, 2.75) is 12.2 Å². The molecule has 6 nitrogen and oxygen atoms in total. The van der Waals surface area contributed by atoms with Gasteiger partial charge in [0.05, 0.1) is 6.57 Å². The highest BCUT2D eigenvalue weighted by Crippen LogP contribution is 2.21. The molecule has 1 heterocycles. The molecule has 0 bridgehead atoms. The molecular weight excluding hydrogens is 184 g/mol. The molecule has 0 fully saturated rings. The number of rotatable bonds is 1. The van der Waals surface area contributed by atoms with Crippen LogP contribution in [-0.4, -0.2) is 23.2 Å². The second-order valence-corrected chi connectivity index (χ2v) is 2.47. The number of nitrogens with one attached hydrogen (secondary N) is 1. The van der Waals surface area contributed by atoms with Gasteiger partial charge in [-0.3, -0.25) is 4.79 Å².